The monoisotopic (exact) mass is 309 g/mol. The van der Waals surface area contributed by atoms with Crippen LogP contribution in [0.5, 0.6) is 0 Å². The summed E-state index contributed by atoms with van der Waals surface area (Å²) in [6.07, 6.45) is 2.07. The van der Waals surface area contributed by atoms with Gasteiger partial charge in [-0.1, -0.05) is 0 Å². The predicted molar refractivity (Wildman–Crippen MR) is 85.7 cm³/mol. The molecule has 0 amide bonds. The minimum absolute atomic E-state index is 0.0474. The van der Waals surface area contributed by atoms with Crippen LogP contribution in [0.15, 0.2) is 18.2 Å². The first kappa shape index (κ1) is 16.0. The van der Waals surface area contributed by atoms with Crippen LogP contribution in [0, 0.1) is 0 Å². The van der Waals surface area contributed by atoms with Crippen molar-refractivity contribution in [2.45, 2.75) is 44.8 Å². The summed E-state index contributed by atoms with van der Waals surface area (Å²) in [6.45, 7) is 5.95. The number of hydrogen-bond acceptors (Lipinski definition) is 4. The number of benzene rings is 1. The number of fused-ring (bicyclic) bond motifs is 1. The van der Waals surface area contributed by atoms with Crippen molar-refractivity contribution in [3.05, 3.63) is 29.3 Å². The molecule has 1 aliphatic heterocycles. The largest absolute Gasteiger partial charge is 0.385 e. The van der Waals surface area contributed by atoms with Gasteiger partial charge in [0, 0.05) is 24.2 Å². The summed E-state index contributed by atoms with van der Waals surface area (Å²) in [5.41, 5.74) is 2.84. The van der Waals surface area contributed by atoms with Crippen molar-refractivity contribution >= 4 is 21.3 Å². The molecule has 0 bridgehead atoms. The average molecular weight is 309 g/mol. The molecule has 0 saturated heterocycles. The van der Waals surface area contributed by atoms with Crippen molar-refractivity contribution in [1.82, 2.24) is 0 Å². The summed E-state index contributed by atoms with van der Waals surface area (Å²) in [4.78, 5) is 12.2. The highest BCUT2D eigenvalue weighted by Crippen LogP contribution is 2.24. The van der Waals surface area contributed by atoms with Crippen LogP contribution in [-0.2, 0) is 16.3 Å². The van der Waals surface area contributed by atoms with Crippen LogP contribution in [0.1, 0.15) is 49.5 Å². The summed E-state index contributed by atoms with van der Waals surface area (Å²) < 4.78 is 23.3. The van der Waals surface area contributed by atoms with Crippen molar-refractivity contribution in [3.63, 3.8) is 0 Å². The van der Waals surface area contributed by atoms with E-state index in [4.69, 9.17) is 0 Å². The lowest BCUT2D eigenvalue weighted by molar-refractivity contribution is 0.0988. The molecule has 0 saturated carbocycles. The van der Waals surface area contributed by atoms with Gasteiger partial charge < -0.3 is 5.32 Å². The molecule has 0 aromatic heterocycles. The van der Waals surface area contributed by atoms with Crippen LogP contribution < -0.4 is 5.32 Å². The zero-order valence-electron chi connectivity index (χ0n) is 12.9. The number of aryl methyl sites for hydroxylation is 1. The Morgan fingerprint density at radius 2 is 2.00 bits per heavy atom. The molecular formula is C16H23NO3S. The second-order valence-electron chi connectivity index (χ2n) is 6.51. The number of carbonyl (C=O) groups is 1. The van der Waals surface area contributed by atoms with Gasteiger partial charge in [-0.3, -0.25) is 4.79 Å². The highest BCUT2D eigenvalue weighted by molar-refractivity contribution is 7.92. The number of rotatable bonds is 4. The zero-order valence-corrected chi connectivity index (χ0v) is 13.7. The lowest BCUT2D eigenvalue weighted by Crippen LogP contribution is -2.31. The highest BCUT2D eigenvalue weighted by Gasteiger charge is 2.29. The molecule has 116 valence electrons. The Hall–Kier alpha value is -1.36. The van der Waals surface area contributed by atoms with Gasteiger partial charge in [-0.2, -0.15) is 0 Å². The van der Waals surface area contributed by atoms with Gasteiger partial charge in [-0.15, -0.1) is 0 Å². The Morgan fingerprint density at radius 1 is 1.29 bits per heavy atom. The van der Waals surface area contributed by atoms with Crippen LogP contribution in [0.4, 0.5) is 5.69 Å². The summed E-state index contributed by atoms with van der Waals surface area (Å²) >= 11 is 0. The molecule has 1 aromatic carbocycles. The lowest BCUT2D eigenvalue weighted by atomic mass is 9.98. The molecule has 0 aliphatic carbocycles. The number of Topliss-reactive ketones (excluding diaryl/α,β-unsaturated/α-hetero) is 1. The van der Waals surface area contributed by atoms with E-state index in [0.29, 0.717) is 5.56 Å². The molecule has 0 fully saturated rings. The summed E-state index contributed by atoms with van der Waals surface area (Å²) in [6, 6.07) is 5.59. The van der Waals surface area contributed by atoms with Crippen LogP contribution in [-0.4, -0.2) is 31.2 Å². The maximum atomic E-state index is 12.2. The highest BCUT2D eigenvalue weighted by atomic mass is 32.2. The number of carbonyl (C=O) groups excluding carboxylic acids is 1. The van der Waals surface area contributed by atoms with E-state index in [1.54, 1.807) is 26.8 Å². The predicted octanol–water partition coefficient (Wildman–Crippen LogP) is 2.83. The molecule has 0 spiro atoms. The molecule has 0 radical (unpaired) electrons. The van der Waals surface area contributed by atoms with Gasteiger partial charge in [0.15, 0.2) is 15.6 Å². The number of ketones is 1. The maximum Gasteiger partial charge on any atom is 0.163 e. The number of anilines is 1. The number of sulfone groups is 1. The summed E-state index contributed by atoms with van der Waals surface area (Å²) in [7, 11) is -3.25. The third-order valence-electron chi connectivity index (χ3n) is 3.90. The van der Waals surface area contributed by atoms with Gasteiger partial charge in [-0.25, -0.2) is 8.42 Å². The Morgan fingerprint density at radius 3 is 2.67 bits per heavy atom. The van der Waals surface area contributed by atoms with E-state index < -0.39 is 14.6 Å². The van der Waals surface area contributed by atoms with E-state index in [-0.39, 0.29) is 18.0 Å². The zero-order chi connectivity index (χ0) is 15.7. The van der Waals surface area contributed by atoms with E-state index in [1.165, 1.54) is 0 Å². The molecule has 0 atom stereocenters. The number of hydrogen-bond donors (Lipinski definition) is 1. The molecule has 21 heavy (non-hydrogen) atoms. The van der Waals surface area contributed by atoms with Gasteiger partial charge in [-0.05, 0) is 57.4 Å². The Kier molecular flexibility index (Phi) is 4.42. The first-order valence-corrected chi connectivity index (χ1v) is 8.98. The standard InChI is InChI=1S/C16H23NO3S/c1-16(2,3)21(19,20)10-8-15(18)13-6-7-14-12(11-13)5-4-9-17-14/h6-7,11,17H,4-5,8-10H2,1-3H3. The fourth-order valence-corrected chi connectivity index (χ4v) is 3.39. The van der Waals surface area contributed by atoms with Crippen LogP contribution in [0.25, 0.3) is 0 Å². The van der Waals surface area contributed by atoms with E-state index >= 15 is 0 Å². The van der Waals surface area contributed by atoms with E-state index in [0.717, 1.165) is 30.6 Å². The molecule has 4 nitrogen and oxygen atoms in total. The lowest BCUT2D eigenvalue weighted by Gasteiger charge is -2.19. The molecule has 1 aromatic rings. The molecule has 1 aliphatic rings. The minimum atomic E-state index is -3.25. The van der Waals surface area contributed by atoms with Crippen molar-refractivity contribution in [2.24, 2.45) is 0 Å². The SMILES string of the molecule is CC(C)(C)S(=O)(=O)CCC(=O)c1ccc2c(c1)CCCN2. The molecular weight excluding hydrogens is 286 g/mol. The smallest absolute Gasteiger partial charge is 0.163 e. The van der Waals surface area contributed by atoms with Gasteiger partial charge in [0.25, 0.3) is 0 Å². The molecule has 2 rings (SSSR count). The van der Waals surface area contributed by atoms with E-state index in [9.17, 15) is 13.2 Å². The topological polar surface area (TPSA) is 63.2 Å². The minimum Gasteiger partial charge on any atom is -0.385 e. The normalized spacial score (nSPS) is 15.2. The Labute approximate surface area is 126 Å². The Balaban J connectivity index is 2.08. The van der Waals surface area contributed by atoms with E-state index in [1.807, 2.05) is 12.1 Å². The van der Waals surface area contributed by atoms with Crippen LogP contribution in [0.3, 0.4) is 0 Å². The summed E-state index contributed by atoms with van der Waals surface area (Å²) in [5, 5.41) is 3.30. The first-order chi connectivity index (χ1) is 9.71. The Bertz CT molecular complexity index is 642. The quantitative estimate of drug-likeness (QED) is 0.869. The second kappa shape index (κ2) is 5.79. The fraction of sp³-hybridized carbons (Fsp3) is 0.562. The number of nitrogens with one attached hydrogen (secondary N) is 1. The fourth-order valence-electron chi connectivity index (χ4n) is 2.33. The summed E-state index contributed by atoms with van der Waals surface area (Å²) in [5.74, 6) is -0.193. The van der Waals surface area contributed by atoms with Gasteiger partial charge in [0.2, 0.25) is 0 Å². The second-order valence-corrected chi connectivity index (χ2v) is 9.37. The van der Waals surface area contributed by atoms with Crippen LogP contribution in [0.2, 0.25) is 0 Å². The molecule has 5 heteroatoms. The third-order valence-corrected chi connectivity index (χ3v) is 6.50. The first-order valence-electron chi connectivity index (χ1n) is 7.33. The third kappa shape index (κ3) is 3.64. The van der Waals surface area contributed by atoms with Gasteiger partial charge in [0.1, 0.15) is 0 Å². The van der Waals surface area contributed by atoms with Gasteiger partial charge >= 0.3 is 0 Å². The average Bonchev–Trinajstić information content (AvgIpc) is 2.43. The van der Waals surface area contributed by atoms with Gasteiger partial charge in [0.05, 0.1) is 10.5 Å². The van der Waals surface area contributed by atoms with Crippen molar-refractivity contribution in [3.8, 4) is 0 Å². The van der Waals surface area contributed by atoms with Crippen LogP contribution >= 0.6 is 0 Å². The molecule has 0 unspecified atom stereocenters. The van der Waals surface area contributed by atoms with Crippen molar-refractivity contribution in [1.29, 1.82) is 0 Å². The van der Waals surface area contributed by atoms with E-state index in [2.05, 4.69) is 5.32 Å². The maximum absolute atomic E-state index is 12.2. The molecule has 1 N–H and O–H groups in total. The molecule has 1 heterocycles. The van der Waals surface area contributed by atoms with Crippen molar-refractivity contribution < 1.29 is 13.2 Å². The van der Waals surface area contributed by atoms with Crippen molar-refractivity contribution in [2.75, 3.05) is 17.6 Å².